The van der Waals surface area contributed by atoms with E-state index < -0.39 is 21.7 Å². The summed E-state index contributed by atoms with van der Waals surface area (Å²) in [5.74, 6) is -1.02. The molecule has 0 bridgehead atoms. The van der Waals surface area contributed by atoms with Crippen LogP contribution in [0, 0.1) is 11.6 Å². The number of rotatable bonds is 6. The fourth-order valence-electron chi connectivity index (χ4n) is 2.09. The first-order valence-corrected chi connectivity index (χ1v) is 10.6. The monoisotopic (exact) mass is 493 g/mol. The highest BCUT2D eigenvalue weighted by Gasteiger charge is 2.19. The molecule has 1 aromatic heterocycles. The first-order chi connectivity index (χ1) is 12.3. The number of sulfonamides is 1. The number of para-hydroxylation sites is 1. The van der Waals surface area contributed by atoms with E-state index in [1.807, 2.05) is 0 Å². The first-order valence-electron chi connectivity index (χ1n) is 7.25. The predicted octanol–water partition coefficient (Wildman–Crippen LogP) is 4.67. The van der Waals surface area contributed by atoms with Gasteiger partial charge >= 0.3 is 0 Å². The molecule has 3 aromatic rings. The Bertz CT molecular complexity index is 1040. The highest BCUT2D eigenvalue weighted by atomic mass is 79.9. The molecule has 5 nitrogen and oxygen atoms in total. The lowest BCUT2D eigenvalue weighted by Gasteiger charge is -2.11. The molecule has 0 amide bonds. The van der Waals surface area contributed by atoms with Crippen LogP contribution in [0.1, 0.15) is 5.56 Å². The van der Waals surface area contributed by atoms with Crippen molar-refractivity contribution >= 4 is 60.9 Å². The van der Waals surface area contributed by atoms with Crippen molar-refractivity contribution in [3.05, 3.63) is 65.0 Å². The number of anilines is 2. The van der Waals surface area contributed by atoms with Gasteiger partial charge in [0.25, 0.3) is 10.0 Å². The van der Waals surface area contributed by atoms with Crippen molar-refractivity contribution in [2.75, 3.05) is 10.5 Å². The Labute approximate surface area is 173 Å². The van der Waals surface area contributed by atoms with Crippen molar-refractivity contribution in [2.24, 2.45) is 0 Å². The van der Waals surface area contributed by atoms with Gasteiger partial charge in [-0.1, -0.05) is 18.2 Å². The number of thiazole rings is 1. The fourth-order valence-corrected chi connectivity index (χ4v) is 4.96. The summed E-state index contributed by atoms with van der Waals surface area (Å²) in [6, 6.07) is 10.1. The maximum atomic E-state index is 13.8. The Kier molecular flexibility index (Phi) is 7.20. The number of benzene rings is 2. The second kappa shape index (κ2) is 9.00. The number of halogens is 3. The molecule has 0 aliphatic heterocycles. The molecule has 0 unspecified atom stereocenters. The summed E-state index contributed by atoms with van der Waals surface area (Å²) in [5, 5.41) is 1.34. The van der Waals surface area contributed by atoms with Crippen molar-refractivity contribution in [3.63, 3.8) is 0 Å². The number of aromatic nitrogens is 1. The van der Waals surface area contributed by atoms with Gasteiger partial charge in [0.1, 0.15) is 11.6 Å². The van der Waals surface area contributed by atoms with Crippen molar-refractivity contribution in [3.8, 4) is 0 Å². The number of thioether (sulfide) groups is 1. The van der Waals surface area contributed by atoms with E-state index in [1.165, 1.54) is 17.5 Å². The van der Waals surface area contributed by atoms with Crippen molar-refractivity contribution in [1.82, 2.24) is 4.98 Å². The summed E-state index contributed by atoms with van der Waals surface area (Å²) in [6.45, 7) is 0. The van der Waals surface area contributed by atoms with E-state index in [9.17, 15) is 17.2 Å². The van der Waals surface area contributed by atoms with E-state index in [4.69, 9.17) is 5.73 Å². The largest absolute Gasteiger partial charge is 0.375 e. The van der Waals surface area contributed by atoms with Crippen molar-refractivity contribution < 1.29 is 17.2 Å². The van der Waals surface area contributed by atoms with Crippen LogP contribution in [0.4, 0.5) is 19.6 Å². The molecule has 144 valence electrons. The molecule has 2 aromatic carbocycles. The van der Waals surface area contributed by atoms with E-state index in [0.29, 0.717) is 17.0 Å². The van der Waals surface area contributed by atoms with E-state index >= 15 is 0 Å². The van der Waals surface area contributed by atoms with E-state index in [1.54, 1.807) is 24.3 Å². The molecule has 0 saturated heterocycles. The SMILES string of the molecule is Br.Nc1nc(S(=O)(=O)Nc2ccccc2CSc2ccc(F)cc2F)cs1. The molecule has 0 spiro atoms. The normalized spacial score (nSPS) is 11.0. The lowest BCUT2D eigenvalue weighted by atomic mass is 10.2. The van der Waals surface area contributed by atoms with Crippen molar-refractivity contribution in [2.45, 2.75) is 15.7 Å². The number of nitrogens with one attached hydrogen (secondary N) is 1. The Hall–Kier alpha value is -1.69. The summed E-state index contributed by atoms with van der Waals surface area (Å²) >= 11 is 2.17. The van der Waals surface area contributed by atoms with Crippen molar-refractivity contribution in [1.29, 1.82) is 0 Å². The van der Waals surface area contributed by atoms with Gasteiger partial charge in [0, 0.05) is 22.1 Å². The Morgan fingerprint density at radius 3 is 2.59 bits per heavy atom. The number of hydrogen-bond acceptors (Lipinski definition) is 6. The van der Waals surface area contributed by atoms with Gasteiger partial charge in [-0.3, -0.25) is 4.72 Å². The fraction of sp³-hybridized carbons (Fsp3) is 0.0625. The summed E-state index contributed by atoms with van der Waals surface area (Å²) in [7, 11) is -3.88. The third-order valence-corrected chi connectivity index (χ3v) is 6.48. The van der Waals surface area contributed by atoms with Crippen LogP contribution in [-0.4, -0.2) is 13.4 Å². The molecule has 11 heteroatoms. The number of hydrogen-bond donors (Lipinski definition) is 2. The quantitative estimate of drug-likeness (QED) is 0.487. The third kappa shape index (κ3) is 5.41. The lowest BCUT2D eigenvalue weighted by molar-refractivity contribution is 0.565. The molecule has 1 heterocycles. The Morgan fingerprint density at radius 1 is 1.19 bits per heavy atom. The summed E-state index contributed by atoms with van der Waals surface area (Å²) in [4.78, 5) is 4.05. The van der Waals surface area contributed by atoms with Gasteiger partial charge < -0.3 is 5.73 Å². The number of nitrogen functional groups attached to an aromatic ring is 1. The van der Waals surface area contributed by atoms with Gasteiger partial charge in [-0.2, -0.15) is 8.42 Å². The second-order valence-corrected chi connectivity index (χ2v) is 8.69. The van der Waals surface area contributed by atoms with Crippen LogP contribution >= 0.6 is 40.1 Å². The van der Waals surface area contributed by atoms with Gasteiger partial charge in [-0.25, -0.2) is 13.8 Å². The highest BCUT2D eigenvalue weighted by molar-refractivity contribution is 8.93. The average molecular weight is 494 g/mol. The van der Waals surface area contributed by atoms with Crippen LogP contribution in [0.2, 0.25) is 0 Å². The van der Waals surface area contributed by atoms with Crippen LogP contribution < -0.4 is 10.5 Å². The van der Waals surface area contributed by atoms with E-state index in [0.717, 1.165) is 29.2 Å². The summed E-state index contributed by atoms with van der Waals surface area (Å²) in [5.41, 5.74) is 6.49. The molecule has 0 aliphatic carbocycles. The maximum Gasteiger partial charge on any atom is 0.280 e. The van der Waals surface area contributed by atoms with Crippen LogP contribution in [0.3, 0.4) is 0 Å². The number of nitrogens with zero attached hydrogens (tertiary/aromatic N) is 1. The molecular formula is C16H14BrF2N3O2S3. The highest BCUT2D eigenvalue weighted by Crippen LogP contribution is 2.30. The van der Waals surface area contributed by atoms with Crippen LogP contribution in [-0.2, 0) is 15.8 Å². The third-order valence-electron chi connectivity index (χ3n) is 3.31. The summed E-state index contributed by atoms with van der Waals surface area (Å²) < 4.78 is 54.0. The van der Waals surface area contributed by atoms with Gasteiger partial charge in [0.05, 0.1) is 5.69 Å². The van der Waals surface area contributed by atoms with E-state index in [-0.39, 0.29) is 32.0 Å². The zero-order valence-corrected chi connectivity index (χ0v) is 17.7. The average Bonchev–Trinajstić information content (AvgIpc) is 3.02. The van der Waals surface area contributed by atoms with Crippen LogP contribution in [0.25, 0.3) is 0 Å². The molecule has 0 saturated carbocycles. The zero-order valence-electron chi connectivity index (χ0n) is 13.6. The molecule has 0 fully saturated rings. The molecule has 0 atom stereocenters. The zero-order chi connectivity index (χ0) is 18.7. The minimum absolute atomic E-state index is 0. The van der Waals surface area contributed by atoms with Gasteiger partial charge in [0.2, 0.25) is 0 Å². The minimum Gasteiger partial charge on any atom is -0.375 e. The van der Waals surface area contributed by atoms with E-state index in [2.05, 4.69) is 9.71 Å². The molecular weight excluding hydrogens is 480 g/mol. The minimum atomic E-state index is -3.88. The Balaban J connectivity index is 0.00000261. The maximum absolute atomic E-state index is 13.8. The first kappa shape index (κ1) is 21.6. The standard InChI is InChI=1S/C16H13F2N3O2S3.BrH/c17-11-5-6-14(12(18)7-11)24-8-10-3-1-2-4-13(10)21-26(22,23)15-9-25-16(19)20-15;/h1-7,9,21H,8H2,(H2,19,20);1H. The summed E-state index contributed by atoms with van der Waals surface area (Å²) in [6.07, 6.45) is 0. The van der Waals surface area contributed by atoms with Gasteiger partial charge in [-0.05, 0) is 23.8 Å². The molecule has 0 aliphatic rings. The van der Waals surface area contributed by atoms with Gasteiger partial charge in [0.15, 0.2) is 10.2 Å². The Morgan fingerprint density at radius 2 is 1.93 bits per heavy atom. The smallest absolute Gasteiger partial charge is 0.280 e. The second-order valence-electron chi connectivity index (χ2n) is 5.15. The van der Waals surface area contributed by atoms with Gasteiger partial charge in [-0.15, -0.1) is 40.1 Å². The predicted molar refractivity (Wildman–Crippen MR) is 110 cm³/mol. The molecule has 0 radical (unpaired) electrons. The number of nitrogens with two attached hydrogens (primary N) is 1. The molecule has 3 rings (SSSR count). The molecule has 27 heavy (non-hydrogen) atoms. The lowest BCUT2D eigenvalue weighted by Crippen LogP contribution is -2.14. The topological polar surface area (TPSA) is 85.1 Å². The van der Waals surface area contributed by atoms with Crippen LogP contribution in [0.15, 0.2) is 57.8 Å². The van der Waals surface area contributed by atoms with Crippen LogP contribution in [0.5, 0.6) is 0 Å². The molecule has 3 N–H and O–H groups in total.